The van der Waals surface area contributed by atoms with E-state index < -0.39 is 23.0 Å². The number of carbonyl (C=O) groups excluding carboxylic acids is 2. The highest BCUT2D eigenvalue weighted by Gasteiger charge is 2.17. The van der Waals surface area contributed by atoms with Crippen molar-refractivity contribution in [3.63, 3.8) is 0 Å². The van der Waals surface area contributed by atoms with Crippen molar-refractivity contribution >= 4 is 22.7 Å². The SMILES string of the molecule is C/C=C/C=C/[C@H](CC(=O)CC(=O)OC)NS(=O)c1ccc(C)cc1. The fourth-order valence-electron chi connectivity index (χ4n) is 1.88. The molecule has 1 N–H and O–H groups in total. The summed E-state index contributed by atoms with van der Waals surface area (Å²) in [4.78, 5) is 23.7. The van der Waals surface area contributed by atoms with Crippen LogP contribution in [0.15, 0.2) is 53.5 Å². The average Bonchev–Trinajstić information content (AvgIpc) is 2.55. The van der Waals surface area contributed by atoms with Crippen molar-refractivity contribution in [2.45, 2.75) is 37.6 Å². The molecule has 1 aromatic carbocycles. The maximum atomic E-state index is 12.4. The highest BCUT2D eigenvalue weighted by molar-refractivity contribution is 7.83. The Morgan fingerprint density at radius 1 is 1.25 bits per heavy atom. The van der Waals surface area contributed by atoms with Crippen molar-refractivity contribution in [1.82, 2.24) is 4.72 Å². The smallest absolute Gasteiger partial charge is 0.313 e. The minimum atomic E-state index is -1.45. The molecule has 0 spiro atoms. The molecule has 0 heterocycles. The number of esters is 1. The Kier molecular flexibility index (Phi) is 8.89. The monoisotopic (exact) mass is 349 g/mol. The minimum Gasteiger partial charge on any atom is -0.469 e. The van der Waals surface area contributed by atoms with Gasteiger partial charge in [0.05, 0.1) is 12.0 Å². The molecule has 0 saturated heterocycles. The molecule has 5 nitrogen and oxygen atoms in total. The number of aryl methyl sites for hydroxylation is 1. The minimum absolute atomic E-state index is 0.0563. The summed E-state index contributed by atoms with van der Waals surface area (Å²) < 4.78 is 19.8. The lowest BCUT2D eigenvalue weighted by Crippen LogP contribution is -2.32. The van der Waals surface area contributed by atoms with Crippen LogP contribution in [0, 0.1) is 6.92 Å². The van der Waals surface area contributed by atoms with Crippen molar-refractivity contribution in [3.05, 3.63) is 54.1 Å². The van der Waals surface area contributed by atoms with Crippen molar-refractivity contribution < 1.29 is 18.5 Å². The zero-order chi connectivity index (χ0) is 17.9. The number of carbonyl (C=O) groups is 2. The van der Waals surface area contributed by atoms with Gasteiger partial charge in [0, 0.05) is 12.5 Å². The van der Waals surface area contributed by atoms with Gasteiger partial charge in [0.15, 0.2) is 0 Å². The summed E-state index contributed by atoms with van der Waals surface area (Å²) in [7, 11) is -0.212. The Balaban J connectivity index is 2.77. The fraction of sp³-hybridized carbons (Fsp3) is 0.333. The second-order valence-corrected chi connectivity index (χ2v) is 6.46. The first-order chi connectivity index (χ1) is 11.5. The number of rotatable bonds is 9. The summed E-state index contributed by atoms with van der Waals surface area (Å²) >= 11 is 0. The zero-order valence-corrected chi connectivity index (χ0v) is 15.0. The Hall–Kier alpha value is -2.05. The maximum absolute atomic E-state index is 12.4. The van der Waals surface area contributed by atoms with Crippen molar-refractivity contribution in [1.29, 1.82) is 0 Å². The number of methoxy groups -OCH3 is 1. The Bertz CT molecular complexity index is 635. The predicted octanol–water partition coefficient (Wildman–Crippen LogP) is 2.63. The van der Waals surface area contributed by atoms with Gasteiger partial charge in [0.2, 0.25) is 0 Å². The molecule has 130 valence electrons. The van der Waals surface area contributed by atoms with Crippen LogP contribution in [0.25, 0.3) is 0 Å². The van der Waals surface area contributed by atoms with Crippen LogP contribution < -0.4 is 4.72 Å². The molecule has 0 aliphatic rings. The fourth-order valence-corrected chi connectivity index (χ4v) is 2.83. The summed E-state index contributed by atoms with van der Waals surface area (Å²) in [6, 6.07) is 6.87. The van der Waals surface area contributed by atoms with Gasteiger partial charge in [0.1, 0.15) is 23.2 Å². The summed E-state index contributed by atoms with van der Waals surface area (Å²) in [6.45, 7) is 3.83. The van der Waals surface area contributed by atoms with Gasteiger partial charge in [-0.1, -0.05) is 42.0 Å². The van der Waals surface area contributed by atoms with E-state index >= 15 is 0 Å². The maximum Gasteiger partial charge on any atom is 0.313 e. The normalized spacial score (nSPS) is 14.0. The molecule has 0 aliphatic heterocycles. The molecule has 6 heteroatoms. The number of nitrogens with one attached hydrogen (secondary N) is 1. The molecule has 24 heavy (non-hydrogen) atoms. The first-order valence-electron chi connectivity index (χ1n) is 7.59. The third kappa shape index (κ3) is 7.48. The van der Waals surface area contributed by atoms with E-state index in [4.69, 9.17) is 0 Å². The van der Waals surface area contributed by atoms with Gasteiger partial charge in [-0.15, -0.1) is 0 Å². The number of allylic oxidation sites excluding steroid dienone is 3. The molecule has 0 aromatic heterocycles. The molecule has 0 saturated carbocycles. The van der Waals surface area contributed by atoms with Crippen LogP contribution in [0.5, 0.6) is 0 Å². The summed E-state index contributed by atoms with van der Waals surface area (Å²) in [5, 5.41) is 0. The van der Waals surface area contributed by atoms with Crippen LogP contribution in [0.2, 0.25) is 0 Å². The molecule has 0 fully saturated rings. The van der Waals surface area contributed by atoms with Crippen LogP contribution in [0.3, 0.4) is 0 Å². The lowest BCUT2D eigenvalue weighted by Gasteiger charge is -2.14. The molecule has 0 bridgehead atoms. The van der Waals surface area contributed by atoms with Crippen LogP contribution in [0.1, 0.15) is 25.3 Å². The van der Waals surface area contributed by atoms with E-state index in [1.54, 1.807) is 24.3 Å². The highest BCUT2D eigenvalue weighted by Crippen LogP contribution is 2.09. The first-order valence-corrected chi connectivity index (χ1v) is 8.74. The second kappa shape index (κ2) is 10.7. The molecular weight excluding hydrogens is 326 g/mol. The molecule has 0 radical (unpaired) electrons. The van der Waals surface area contributed by atoms with Gasteiger partial charge in [-0.3, -0.25) is 9.59 Å². The van der Waals surface area contributed by atoms with Crippen LogP contribution in [-0.4, -0.2) is 29.1 Å². The Morgan fingerprint density at radius 3 is 2.50 bits per heavy atom. The van der Waals surface area contributed by atoms with Crippen LogP contribution in [0.4, 0.5) is 0 Å². The number of hydrogen-bond donors (Lipinski definition) is 1. The third-order valence-electron chi connectivity index (χ3n) is 3.16. The highest BCUT2D eigenvalue weighted by atomic mass is 32.2. The van der Waals surface area contributed by atoms with E-state index in [9.17, 15) is 13.8 Å². The standard InChI is InChI=1S/C18H23NO4S/c1-4-5-6-7-15(12-16(20)13-18(21)23-3)19-24(22)17-10-8-14(2)9-11-17/h4-11,15,19H,12-13H2,1-3H3/b5-4+,7-6+/t15-,24?/m1/s1. The van der Waals surface area contributed by atoms with Crippen LogP contribution in [-0.2, 0) is 25.3 Å². The van der Waals surface area contributed by atoms with Gasteiger partial charge in [-0.2, -0.15) is 0 Å². The number of benzene rings is 1. The Labute approximate surface area is 145 Å². The lowest BCUT2D eigenvalue weighted by molar-refractivity contribution is -0.143. The molecular formula is C18H23NO4S. The first kappa shape index (κ1) is 20.0. The van der Waals surface area contributed by atoms with Gasteiger partial charge in [-0.05, 0) is 26.0 Å². The molecule has 1 aromatic rings. The predicted molar refractivity (Wildman–Crippen MR) is 94.7 cm³/mol. The summed E-state index contributed by atoms with van der Waals surface area (Å²) in [6.07, 6.45) is 6.95. The van der Waals surface area contributed by atoms with Gasteiger partial charge in [0.25, 0.3) is 0 Å². The molecule has 1 rings (SSSR count). The molecule has 0 amide bonds. The van der Waals surface area contributed by atoms with Crippen molar-refractivity contribution in [3.8, 4) is 0 Å². The largest absolute Gasteiger partial charge is 0.469 e. The average molecular weight is 349 g/mol. The van der Waals surface area contributed by atoms with Crippen LogP contribution >= 0.6 is 0 Å². The second-order valence-electron chi connectivity index (χ2n) is 5.21. The van der Waals surface area contributed by atoms with E-state index in [2.05, 4.69) is 9.46 Å². The van der Waals surface area contributed by atoms with Gasteiger partial charge in [-0.25, -0.2) is 8.93 Å². The van der Waals surface area contributed by atoms with E-state index in [-0.39, 0.29) is 18.6 Å². The van der Waals surface area contributed by atoms with Crippen molar-refractivity contribution in [2.75, 3.05) is 7.11 Å². The third-order valence-corrected chi connectivity index (χ3v) is 4.37. The number of Topliss-reactive ketones (excluding diaryl/α,β-unsaturated/α-hetero) is 1. The van der Waals surface area contributed by atoms with Gasteiger partial charge < -0.3 is 4.74 Å². The Morgan fingerprint density at radius 2 is 1.92 bits per heavy atom. The number of ketones is 1. The summed E-state index contributed by atoms with van der Waals surface area (Å²) in [5.74, 6) is -0.846. The van der Waals surface area contributed by atoms with E-state index in [0.717, 1.165) is 5.56 Å². The molecule has 0 aliphatic carbocycles. The molecule has 2 atom stereocenters. The summed E-state index contributed by atoms with van der Waals surface area (Å²) in [5.41, 5.74) is 1.08. The van der Waals surface area contributed by atoms with E-state index in [0.29, 0.717) is 4.90 Å². The molecule has 1 unspecified atom stereocenters. The topological polar surface area (TPSA) is 72.5 Å². The number of ether oxygens (including phenoxy) is 1. The van der Waals surface area contributed by atoms with Gasteiger partial charge >= 0.3 is 5.97 Å². The lowest BCUT2D eigenvalue weighted by atomic mass is 10.1. The van der Waals surface area contributed by atoms with E-state index in [1.807, 2.05) is 38.1 Å². The van der Waals surface area contributed by atoms with E-state index in [1.165, 1.54) is 7.11 Å². The van der Waals surface area contributed by atoms with Crippen molar-refractivity contribution in [2.24, 2.45) is 0 Å². The quantitative estimate of drug-likeness (QED) is 0.423. The zero-order valence-electron chi connectivity index (χ0n) is 14.2. The number of hydrogen-bond acceptors (Lipinski definition) is 4.